The summed E-state index contributed by atoms with van der Waals surface area (Å²) in [5, 5.41) is 15.8. The van der Waals surface area contributed by atoms with Gasteiger partial charge in [-0.3, -0.25) is 30.1 Å². The van der Waals surface area contributed by atoms with Crippen LogP contribution in [0.3, 0.4) is 0 Å². The van der Waals surface area contributed by atoms with E-state index in [0.717, 1.165) is 5.56 Å². The van der Waals surface area contributed by atoms with Crippen LogP contribution in [0.4, 0.5) is 0 Å². The number of hydrogen-bond acceptors (Lipinski definition) is 6. The van der Waals surface area contributed by atoms with Crippen molar-refractivity contribution in [3.05, 3.63) is 76.2 Å². The molecule has 3 aromatic rings. The third-order valence-corrected chi connectivity index (χ3v) is 5.81. The maximum absolute atomic E-state index is 12.9. The Labute approximate surface area is 191 Å². The lowest BCUT2D eigenvalue weighted by Gasteiger charge is -2.22. The highest BCUT2D eigenvalue weighted by molar-refractivity contribution is 6.05. The first kappa shape index (κ1) is 22.6. The second-order valence-corrected chi connectivity index (χ2v) is 8.31. The number of likely N-dealkylation sites (tertiary alicyclic amines) is 1. The van der Waals surface area contributed by atoms with Gasteiger partial charge in [-0.25, -0.2) is 4.68 Å². The molecule has 33 heavy (non-hydrogen) atoms. The van der Waals surface area contributed by atoms with E-state index in [1.54, 1.807) is 24.3 Å². The van der Waals surface area contributed by atoms with E-state index in [1.807, 2.05) is 42.2 Å². The van der Waals surface area contributed by atoms with Crippen molar-refractivity contribution in [3.63, 3.8) is 0 Å². The normalized spacial score (nSPS) is 18.4. The topological polar surface area (TPSA) is 117 Å². The zero-order valence-electron chi connectivity index (χ0n) is 18.5. The highest BCUT2D eigenvalue weighted by Crippen LogP contribution is 2.23. The van der Waals surface area contributed by atoms with Crippen molar-refractivity contribution in [3.8, 4) is 0 Å². The van der Waals surface area contributed by atoms with Gasteiger partial charge in [-0.15, -0.1) is 0 Å². The van der Waals surface area contributed by atoms with E-state index in [0.29, 0.717) is 36.8 Å². The fourth-order valence-corrected chi connectivity index (χ4v) is 4.09. The molecule has 9 nitrogen and oxygen atoms in total. The van der Waals surface area contributed by atoms with Gasteiger partial charge in [-0.05, 0) is 24.5 Å². The van der Waals surface area contributed by atoms with E-state index >= 15 is 0 Å². The van der Waals surface area contributed by atoms with Crippen molar-refractivity contribution in [2.24, 2.45) is 0 Å². The van der Waals surface area contributed by atoms with Crippen LogP contribution in [0.25, 0.3) is 10.8 Å². The summed E-state index contributed by atoms with van der Waals surface area (Å²) in [6.07, 6.45) is 0.930. The lowest BCUT2D eigenvalue weighted by molar-refractivity contribution is -0.139. The Morgan fingerprint density at radius 1 is 1.06 bits per heavy atom. The van der Waals surface area contributed by atoms with Crippen LogP contribution >= 0.6 is 0 Å². The summed E-state index contributed by atoms with van der Waals surface area (Å²) in [6, 6.07) is 16.5. The van der Waals surface area contributed by atoms with Crippen molar-refractivity contribution in [2.75, 3.05) is 13.1 Å². The number of aromatic nitrogens is 2. The van der Waals surface area contributed by atoms with Crippen LogP contribution in [0, 0.1) is 0 Å². The van der Waals surface area contributed by atoms with E-state index in [1.165, 1.54) is 4.68 Å². The Hall–Kier alpha value is -3.56. The molecule has 0 radical (unpaired) electrons. The van der Waals surface area contributed by atoms with E-state index in [-0.39, 0.29) is 24.2 Å². The van der Waals surface area contributed by atoms with Gasteiger partial charge in [0, 0.05) is 31.6 Å². The minimum Gasteiger partial charge on any atom is -0.379 e. The Bertz CT molecular complexity index is 1230. The maximum atomic E-state index is 12.9. The molecule has 1 aromatic heterocycles. The van der Waals surface area contributed by atoms with Crippen LogP contribution < -0.4 is 16.4 Å². The highest BCUT2D eigenvalue weighted by atomic mass is 16.3. The molecule has 172 valence electrons. The molecule has 0 unspecified atom stereocenters. The number of carbonyl (C=O) groups excluding carboxylic acids is 2. The number of rotatable bonds is 6. The highest BCUT2D eigenvalue weighted by Gasteiger charge is 2.43. The monoisotopic (exact) mass is 449 g/mol. The smallest absolute Gasteiger partial charge is 0.290 e. The second-order valence-electron chi connectivity index (χ2n) is 8.31. The zero-order chi connectivity index (χ0) is 23.4. The summed E-state index contributed by atoms with van der Waals surface area (Å²) in [5.41, 5.74) is 3.93. The summed E-state index contributed by atoms with van der Waals surface area (Å²) < 4.78 is 1.25. The quantitative estimate of drug-likeness (QED) is 0.487. The predicted octanol–water partition coefficient (Wildman–Crippen LogP) is 1.20. The second kappa shape index (κ2) is 9.51. The summed E-state index contributed by atoms with van der Waals surface area (Å²) in [4.78, 5) is 40.2. The van der Waals surface area contributed by atoms with E-state index in [9.17, 15) is 19.5 Å². The molecule has 2 aromatic carbocycles. The first-order valence-corrected chi connectivity index (χ1v) is 11.0. The molecular formula is C24H27N5O4. The first-order chi connectivity index (χ1) is 15.9. The number of hydrazine groups is 1. The number of nitrogens with one attached hydrogen (secondary N) is 2. The summed E-state index contributed by atoms with van der Waals surface area (Å²) in [6.45, 7) is 3.62. The van der Waals surface area contributed by atoms with E-state index in [4.69, 9.17) is 0 Å². The van der Waals surface area contributed by atoms with Gasteiger partial charge in [0.05, 0.1) is 5.39 Å². The number of β-amino-alcohol motifs (C(OH)–C–C–N with tert-alkyl or cyclic N) is 1. The van der Waals surface area contributed by atoms with Gasteiger partial charge in [-0.2, -0.15) is 5.10 Å². The third-order valence-electron chi connectivity index (χ3n) is 5.81. The minimum atomic E-state index is -1.61. The molecule has 9 heteroatoms. The van der Waals surface area contributed by atoms with Gasteiger partial charge in [0.1, 0.15) is 0 Å². The van der Waals surface area contributed by atoms with Crippen LogP contribution in [0.2, 0.25) is 0 Å². The van der Waals surface area contributed by atoms with Gasteiger partial charge in [0.15, 0.2) is 11.3 Å². The lowest BCUT2D eigenvalue weighted by atomic mass is 10.0. The molecular weight excluding hydrogens is 422 g/mol. The Morgan fingerprint density at radius 2 is 1.76 bits per heavy atom. The molecule has 0 bridgehead atoms. The first-order valence-electron chi connectivity index (χ1n) is 11.0. The zero-order valence-corrected chi connectivity index (χ0v) is 18.5. The number of aryl methyl sites for hydroxylation is 1. The molecule has 0 saturated carbocycles. The van der Waals surface area contributed by atoms with Crippen LogP contribution in [0.15, 0.2) is 59.4 Å². The van der Waals surface area contributed by atoms with Crippen LogP contribution in [0.1, 0.15) is 35.8 Å². The Morgan fingerprint density at radius 3 is 2.48 bits per heavy atom. The van der Waals surface area contributed by atoms with Crippen molar-refractivity contribution in [1.29, 1.82) is 0 Å². The number of fused-ring (bicyclic) bond motifs is 1. The molecule has 1 aliphatic heterocycles. The van der Waals surface area contributed by atoms with Crippen molar-refractivity contribution in [1.82, 2.24) is 25.5 Å². The van der Waals surface area contributed by atoms with Crippen molar-refractivity contribution in [2.45, 2.75) is 38.5 Å². The van der Waals surface area contributed by atoms with Gasteiger partial charge in [0.2, 0.25) is 0 Å². The summed E-state index contributed by atoms with van der Waals surface area (Å²) in [5.74, 6) is -1.34. The van der Waals surface area contributed by atoms with E-state index < -0.39 is 17.4 Å². The fourth-order valence-electron chi connectivity index (χ4n) is 4.09. The number of amides is 2. The van der Waals surface area contributed by atoms with Gasteiger partial charge < -0.3 is 5.11 Å². The van der Waals surface area contributed by atoms with Gasteiger partial charge in [0.25, 0.3) is 17.4 Å². The molecule has 4 rings (SSSR count). The SMILES string of the molecule is CCCn1nc(C(=O)NNC(=O)[C@]2(O)CCN(Cc3ccccc3)C2)c2ccccc2c1=O. The molecule has 0 aliphatic carbocycles. The molecule has 1 atom stereocenters. The largest absolute Gasteiger partial charge is 0.379 e. The molecule has 2 amide bonds. The molecule has 1 saturated heterocycles. The third kappa shape index (κ3) is 4.79. The molecule has 0 spiro atoms. The number of aliphatic hydroxyl groups is 1. The predicted molar refractivity (Wildman–Crippen MR) is 123 cm³/mol. The molecule has 3 N–H and O–H groups in total. The van der Waals surface area contributed by atoms with Gasteiger partial charge in [-0.1, -0.05) is 55.5 Å². The van der Waals surface area contributed by atoms with Crippen molar-refractivity contribution >= 4 is 22.6 Å². The van der Waals surface area contributed by atoms with Crippen LogP contribution in [0.5, 0.6) is 0 Å². The Kier molecular flexibility index (Phi) is 6.52. The maximum Gasteiger partial charge on any atom is 0.290 e. The molecule has 1 fully saturated rings. The average molecular weight is 450 g/mol. The lowest BCUT2D eigenvalue weighted by Crippen LogP contribution is -2.54. The summed E-state index contributed by atoms with van der Waals surface area (Å²) in [7, 11) is 0. The van der Waals surface area contributed by atoms with Crippen LogP contribution in [-0.4, -0.2) is 50.3 Å². The number of benzene rings is 2. The van der Waals surface area contributed by atoms with Gasteiger partial charge >= 0.3 is 0 Å². The van der Waals surface area contributed by atoms with E-state index in [2.05, 4.69) is 16.0 Å². The fraction of sp³-hybridized carbons (Fsp3) is 0.333. The number of carbonyl (C=O) groups is 2. The molecule has 2 heterocycles. The van der Waals surface area contributed by atoms with Crippen molar-refractivity contribution < 1.29 is 14.7 Å². The number of hydrogen-bond donors (Lipinski definition) is 3. The molecule has 1 aliphatic rings. The standard InChI is InChI=1S/C24H27N5O4/c1-2-13-29-22(31)19-11-7-6-10-18(19)20(27-29)21(30)25-26-23(32)24(33)12-14-28(16-24)15-17-8-4-3-5-9-17/h3-11,33H,2,12-16H2,1H3,(H,25,30)(H,26,32)/t24-/m0/s1. The van der Waals surface area contributed by atoms with Crippen LogP contribution in [-0.2, 0) is 17.9 Å². The summed E-state index contributed by atoms with van der Waals surface area (Å²) >= 11 is 0. The Balaban J connectivity index is 1.45. The minimum absolute atomic E-state index is 0.0306. The number of nitrogens with zero attached hydrogens (tertiary/aromatic N) is 3. The average Bonchev–Trinajstić information content (AvgIpc) is 3.21.